The van der Waals surface area contributed by atoms with Gasteiger partial charge < -0.3 is 4.90 Å². The number of nitrogens with zero attached hydrogens (tertiary/aromatic N) is 5. The summed E-state index contributed by atoms with van der Waals surface area (Å²) in [6.45, 7) is 2.06. The number of halogens is 3. The van der Waals surface area contributed by atoms with E-state index >= 15 is 0 Å². The van der Waals surface area contributed by atoms with Crippen LogP contribution in [0.25, 0.3) is 0 Å². The van der Waals surface area contributed by atoms with E-state index in [-0.39, 0.29) is 18.5 Å². The molecule has 0 radical (unpaired) electrons. The highest BCUT2D eigenvalue weighted by atomic mass is 19.4. The number of aryl methyl sites for hydroxylation is 1. The van der Waals surface area contributed by atoms with Gasteiger partial charge in [-0.15, -0.1) is 0 Å². The largest absolute Gasteiger partial charge is 0.435 e. The highest BCUT2D eigenvalue weighted by Crippen LogP contribution is 2.30. The standard InChI is InChI=1S/C14H17F3N6O/c1-9-18-13(20-19-9)10-4-2-3-6-23(10)12(24)8-22-7-5-11(21-22)14(15,16)17/h5,7,10H,2-4,6,8H2,1H3,(H,18,19,20)/t10-/m0/s1. The summed E-state index contributed by atoms with van der Waals surface area (Å²) in [7, 11) is 0. The van der Waals surface area contributed by atoms with E-state index in [2.05, 4.69) is 20.3 Å². The molecule has 0 spiro atoms. The Hall–Kier alpha value is -2.39. The number of likely N-dealkylation sites (tertiary alicyclic amines) is 1. The Bertz CT molecular complexity index is 722. The minimum absolute atomic E-state index is 0.240. The van der Waals surface area contributed by atoms with Crippen molar-refractivity contribution in [3.8, 4) is 0 Å². The number of rotatable bonds is 3. The molecule has 0 unspecified atom stereocenters. The van der Waals surface area contributed by atoms with Crippen molar-refractivity contribution < 1.29 is 18.0 Å². The van der Waals surface area contributed by atoms with Gasteiger partial charge in [-0.1, -0.05) is 0 Å². The third kappa shape index (κ3) is 3.41. The van der Waals surface area contributed by atoms with E-state index in [1.165, 1.54) is 0 Å². The maximum Gasteiger partial charge on any atom is 0.435 e. The van der Waals surface area contributed by atoms with Gasteiger partial charge in [0.05, 0.1) is 6.04 Å². The molecular weight excluding hydrogens is 325 g/mol. The summed E-state index contributed by atoms with van der Waals surface area (Å²) in [4.78, 5) is 18.4. The Kier molecular flexibility index (Phi) is 4.29. The maximum atomic E-state index is 12.6. The number of aromatic amines is 1. The van der Waals surface area contributed by atoms with Crippen LogP contribution in [0.3, 0.4) is 0 Å². The summed E-state index contributed by atoms with van der Waals surface area (Å²) in [5, 5.41) is 10.3. The first kappa shape index (κ1) is 16.5. The molecule has 1 atom stereocenters. The second-order valence-corrected chi connectivity index (χ2v) is 5.77. The number of hydrogen-bond acceptors (Lipinski definition) is 4. The Morgan fingerprint density at radius 2 is 2.21 bits per heavy atom. The molecule has 7 nitrogen and oxygen atoms in total. The molecule has 0 aromatic carbocycles. The van der Waals surface area contributed by atoms with Gasteiger partial charge in [-0.3, -0.25) is 14.6 Å². The number of carbonyl (C=O) groups excluding carboxylic acids is 1. The van der Waals surface area contributed by atoms with Crippen molar-refractivity contribution in [1.82, 2.24) is 29.9 Å². The Morgan fingerprint density at radius 1 is 1.42 bits per heavy atom. The molecule has 1 aliphatic rings. The van der Waals surface area contributed by atoms with Crippen LogP contribution in [0.2, 0.25) is 0 Å². The topological polar surface area (TPSA) is 79.7 Å². The molecule has 0 saturated carbocycles. The third-order valence-corrected chi connectivity index (χ3v) is 3.96. The van der Waals surface area contributed by atoms with Crippen molar-refractivity contribution >= 4 is 5.91 Å². The molecule has 0 bridgehead atoms. The lowest BCUT2D eigenvalue weighted by Crippen LogP contribution is -2.40. The molecule has 1 aliphatic heterocycles. The van der Waals surface area contributed by atoms with Crippen LogP contribution in [0, 0.1) is 6.92 Å². The molecule has 2 aromatic heterocycles. The fraction of sp³-hybridized carbons (Fsp3) is 0.571. The van der Waals surface area contributed by atoms with Crippen LogP contribution in [-0.4, -0.2) is 42.3 Å². The average Bonchev–Trinajstić information content (AvgIpc) is 3.16. The van der Waals surface area contributed by atoms with Crippen LogP contribution in [0.4, 0.5) is 13.2 Å². The monoisotopic (exact) mass is 342 g/mol. The highest BCUT2D eigenvalue weighted by molar-refractivity contribution is 5.76. The highest BCUT2D eigenvalue weighted by Gasteiger charge is 2.34. The van der Waals surface area contributed by atoms with Gasteiger partial charge in [-0.2, -0.15) is 23.4 Å². The molecule has 1 amide bonds. The number of alkyl halides is 3. The van der Waals surface area contributed by atoms with Crippen molar-refractivity contribution in [2.75, 3.05) is 6.54 Å². The van der Waals surface area contributed by atoms with E-state index in [9.17, 15) is 18.0 Å². The minimum atomic E-state index is -4.52. The normalized spacial score (nSPS) is 18.8. The molecule has 1 saturated heterocycles. The van der Waals surface area contributed by atoms with E-state index in [0.717, 1.165) is 36.2 Å². The van der Waals surface area contributed by atoms with Gasteiger partial charge in [0, 0.05) is 12.7 Å². The van der Waals surface area contributed by atoms with Crippen LogP contribution in [0.5, 0.6) is 0 Å². The van der Waals surface area contributed by atoms with Crippen molar-refractivity contribution in [1.29, 1.82) is 0 Å². The number of carbonyl (C=O) groups is 1. The molecule has 130 valence electrons. The lowest BCUT2D eigenvalue weighted by molar-refractivity contribution is -0.142. The average molecular weight is 342 g/mol. The van der Waals surface area contributed by atoms with Crippen LogP contribution >= 0.6 is 0 Å². The molecule has 10 heteroatoms. The first-order valence-electron chi connectivity index (χ1n) is 7.63. The van der Waals surface area contributed by atoms with Gasteiger partial charge in [-0.25, -0.2) is 4.98 Å². The van der Waals surface area contributed by atoms with Gasteiger partial charge >= 0.3 is 6.18 Å². The number of H-pyrrole nitrogens is 1. The fourth-order valence-corrected chi connectivity index (χ4v) is 2.84. The second kappa shape index (κ2) is 6.25. The zero-order chi connectivity index (χ0) is 17.3. The maximum absolute atomic E-state index is 12.6. The SMILES string of the molecule is Cc1nc([C@@H]2CCCCN2C(=O)Cn2ccc(C(F)(F)F)n2)n[nH]1. The number of hydrogen-bond donors (Lipinski definition) is 1. The van der Waals surface area contributed by atoms with Gasteiger partial charge in [0.15, 0.2) is 11.5 Å². The Labute approximate surface area is 135 Å². The minimum Gasteiger partial charge on any atom is -0.331 e. The molecule has 1 N–H and O–H groups in total. The molecule has 3 heterocycles. The molecule has 3 rings (SSSR count). The van der Waals surface area contributed by atoms with Crippen LogP contribution in [-0.2, 0) is 17.5 Å². The van der Waals surface area contributed by atoms with Gasteiger partial charge in [-0.05, 0) is 32.3 Å². The summed E-state index contributed by atoms with van der Waals surface area (Å²) in [6, 6.07) is 0.605. The first-order valence-corrected chi connectivity index (χ1v) is 7.63. The Balaban J connectivity index is 1.73. The first-order chi connectivity index (χ1) is 11.3. The van der Waals surface area contributed by atoms with E-state index < -0.39 is 11.9 Å². The van der Waals surface area contributed by atoms with Crippen molar-refractivity contribution in [2.45, 2.75) is 44.9 Å². The molecular formula is C14H17F3N6O. The zero-order valence-electron chi connectivity index (χ0n) is 13.0. The molecule has 1 fully saturated rings. The van der Waals surface area contributed by atoms with Crippen molar-refractivity contribution in [2.24, 2.45) is 0 Å². The fourth-order valence-electron chi connectivity index (χ4n) is 2.84. The van der Waals surface area contributed by atoms with Gasteiger partial charge in [0.1, 0.15) is 12.4 Å². The summed E-state index contributed by atoms with van der Waals surface area (Å²) < 4.78 is 38.8. The number of nitrogens with one attached hydrogen (secondary N) is 1. The van der Waals surface area contributed by atoms with E-state index in [1.54, 1.807) is 11.8 Å². The Morgan fingerprint density at radius 3 is 2.83 bits per heavy atom. The number of aromatic nitrogens is 5. The quantitative estimate of drug-likeness (QED) is 0.926. The predicted molar refractivity (Wildman–Crippen MR) is 76.7 cm³/mol. The third-order valence-electron chi connectivity index (χ3n) is 3.96. The summed E-state index contributed by atoms with van der Waals surface area (Å²) in [6.07, 6.45) is -0.828. The zero-order valence-corrected chi connectivity index (χ0v) is 13.0. The van der Waals surface area contributed by atoms with Crippen LogP contribution in [0.1, 0.15) is 42.6 Å². The summed E-state index contributed by atoms with van der Waals surface area (Å²) in [5.41, 5.74) is -1.00. The molecule has 0 aliphatic carbocycles. The summed E-state index contributed by atoms with van der Waals surface area (Å²) in [5.74, 6) is 0.904. The van der Waals surface area contributed by atoms with Gasteiger partial charge in [0.2, 0.25) is 5.91 Å². The lowest BCUT2D eigenvalue weighted by Gasteiger charge is -2.34. The summed E-state index contributed by atoms with van der Waals surface area (Å²) >= 11 is 0. The lowest BCUT2D eigenvalue weighted by atomic mass is 10.0. The number of amides is 1. The van der Waals surface area contributed by atoms with Crippen molar-refractivity contribution in [3.05, 3.63) is 29.6 Å². The van der Waals surface area contributed by atoms with Crippen LogP contribution in [0.15, 0.2) is 12.3 Å². The van der Waals surface area contributed by atoms with E-state index in [0.29, 0.717) is 18.2 Å². The van der Waals surface area contributed by atoms with Crippen molar-refractivity contribution in [3.63, 3.8) is 0 Å². The molecule has 24 heavy (non-hydrogen) atoms. The van der Waals surface area contributed by atoms with E-state index in [4.69, 9.17) is 0 Å². The van der Waals surface area contributed by atoms with Crippen LogP contribution < -0.4 is 0 Å². The molecule has 2 aromatic rings. The second-order valence-electron chi connectivity index (χ2n) is 5.77. The smallest absolute Gasteiger partial charge is 0.331 e. The van der Waals surface area contributed by atoms with Gasteiger partial charge in [0.25, 0.3) is 0 Å². The number of piperidine rings is 1. The van der Waals surface area contributed by atoms with E-state index in [1.807, 2.05) is 0 Å². The predicted octanol–water partition coefficient (Wildman–Crippen LogP) is 2.08.